The molecule has 2 fully saturated rings. The van der Waals surface area contributed by atoms with Gasteiger partial charge in [0, 0.05) is 19.5 Å². The highest BCUT2D eigenvalue weighted by Crippen LogP contribution is 2.35. The maximum atomic E-state index is 13.4. The molecule has 2 aliphatic rings. The Labute approximate surface area is 198 Å². The number of hydrogen-bond donors (Lipinski definition) is 2. The number of rotatable bonds is 4. The molecule has 0 radical (unpaired) electrons. The van der Waals surface area contributed by atoms with Crippen LogP contribution in [0.1, 0.15) is 38.4 Å². The average molecular weight is 473 g/mol. The highest BCUT2D eigenvalue weighted by molar-refractivity contribution is 7.13. The number of aromatic nitrogens is 1. The van der Waals surface area contributed by atoms with E-state index in [2.05, 4.69) is 39.5 Å². The van der Waals surface area contributed by atoms with Gasteiger partial charge in [0.2, 0.25) is 5.91 Å². The molecule has 2 aromatic rings. The zero-order chi connectivity index (χ0) is 24.0. The zero-order valence-corrected chi connectivity index (χ0v) is 20.6. The lowest BCUT2D eigenvalue weighted by Crippen LogP contribution is -2.68. The number of aryl methyl sites for hydroxylation is 1. The Balaban J connectivity index is 1.53. The van der Waals surface area contributed by atoms with Crippen LogP contribution >= 0.6 is 11.3 Å². The molecular formula is C24H32N4O4S. The van der Waals surface area contributed by atoms with Gasteiger partial charge in [-0.1, -0.05) is 24.3 Å². The Bertz CT molecular complexity index is 1020. The van der Waals surface area contributed by atoms with E-state index in [1.165, 1.54) is 4.90 Å². The number of nitrogens with one attached hydrogen (secondary N) is 1. The molecule has 0 spiro atoms. The molecule has 2 N–H and O–H groups in total. The van der Waals surface area contributed by atoms with Gasteiger partial charge in [-0.25, -0.2) is 9.78 Å². The highest BCUT2D eigenvalue weighted by Gasteiger charge is 2.48. The first-order valence-corrected chi connectivity index (χ1v) is 12.0. The van der Waals surface area contributed by atoms with Gasteiger partial charge in [-0.3, -0.25) is 9.69 Å². The van der Waals surface area contributed by atoms with E-state index >= 15 is 0 Å². The van der Waals surface area contributed by atoms with E-state index in [0.717, 1.165) is 21.7 Å². The van der Waals surface area contributed by atoms with Gasteiger partial charge in [-0.15, -0.1) is 11.3 Å². The van der Waals surface area contributed by atoms with E-state index < -0.39 is 29.4 Å². The minimum atomic E-state index is -0.767. The van der Waals surface area contributed by atoms with Crippen molar-refractivity contribution in [2.24, 2.45) is 0 Å². The van der Waals surface area contributed by atoms with Crippen molar-refractivity contribution in [1.29, 1.82) is 0 Å². The number of carbonyl (C=O) groups is 2. The van der Waals surface area contributed by atoms with Gasteiger partial charge >= 0.3 is 6.09 Å². The Kier molecular flexibility index (Phi) is 6.24. The van der Waals surface area contributed by atoms with Gasteiger partial charge in [-0.2, -0.15) is 0 Å². The number of nitrogens with zero attached hydrogens (tertiary/aromatic N) is 3. The lowest BCUT2D eigenvalue weighted by atomic mass is 9.82. The van der Waals surface area contributed by atoms with E-state index in [0.29, 0.717) is 13.1 Å². The van der Waals surface area contributed by atoms with E-state index in [-0.39, 0.29) is 18.9 Å². The molecule has 2 aliphatic heterocycles. The number of thiazole rings is 1. The van der Waals surface area contributed by atoms with Crippen molar-refractivity contribution in [3.63, 3.8) is 0 Å². The molecule has 4 rings (SSSR count). The molecule has 9 heteroatoms. The van der Waals surface area contributed by atoms with Gasteiger partial charge < -0.3 is 20.1 Å². The minimum absolute atomic E-state index is 0.0861. The topological polar surface area (TPSA) is 95.0 Å². The molecule has 178 valence electrons. The Morgan fingerprint density at radius 1 is 1.24 bits per heavy atom. The number of aliphatic hydroxyl groups excluding tert-OH is 1. The minimum Gasteiger partial charge on any atom is -0.444 e. The summed E-state index contributed by atoms with van der Waals surface area (Å²) in [5.41, 5.74) is 3.74. The van der Waals surface area contributed by atoms with Crippen LogP contribution in [0.5, 0.6) is 0 Å². The van der Waals surface area contributed by atoms with Crippen molar-refractivity contribution in [1.82, 2.24) is 20.1 Å². The zero-order valence-electron chi connectivity index (χ0n) is 19.8. The maximum absolute atomic E-state index is 13.4. The molecule has 2 amide bonds. The molecule has 3 heterocycles. The Hall–Kier alpha value is -2.49. The summed E-state index contributed by atoms with van der Waals surface area (Å²) in [5.74, 6) is -0.270. The second-order valence-corrected chi connectivity index (χ2v) is 11.0. The first-order valence-electron chi connectivity index (χ1n) is 11.2. The molecule has 0 saturated carbocycles. The fourth-order valence-electron chi connectivity index (χ4n) is 4.63. The third-order valence-corrected chi connectivity index (χ3v) is 7.07. The molecule has 0 unspecified atom stereocenters. The largest absolute Gasteiger partial charge is 0.444 e. The molecular weight excluding hydrogens is 440 g/mol. The van der Waals surface area contributed by atoms with Gasteiger partial charge in [0.15, 0.2) is 0 Å². The van der Waals surface area contributed by atoms with Crippen LogP contribution in [0.3, 0.4) is 0 Å². The number of β-amino-alcohol motifs (C(OH)–C–C–N with tert-alkyl or cyclic N) is 1. The van der Waals surface area contributed by atoms with Crippen LogP contribution in [0, 0.1) is 6.92 Å². The fraction of sp³-hybridized carbons (Fsp3) is 0.542. The van der Waals surface area contributed by atoms with Gasteiger partial charge in [0.1, 0.15) is 11.6 Å². The molecule has 1 aromatic heterocycles. The summed E-state index contributed by atoms with van der Waals surface area (Å²) in [6, 6.07) is 7.47. The summed E-state index contributed by atoms with van der Waals surface area (Å²) in [4.78, 5) is 35.0. The van der Waals surface area contributed by atoms with Crippen LogP contribution in [-0.2, 0) is 15.1 Å². The fourth-order valence-corrected chi connectivity index (χ4v) is 5.44. The number of likely N-dealkylation sites (tertiary alicyclic amines) is 2. The average Bonchev–Trinajstić information content (AvgIpc) is 3.31. The normalized spacial score (nSPS) is 22.7. The number of aliphatic hydroxyl groups is 1. The first kappa shape index (κ1) is 23.7. The number of amides is 2. The SMILES string of the molecule is Cc1ncsc1-c1ccc(C2(NC(=O)[C@@H]3C[C@@H](O)CN3C(=O)OC(C)(C)C)CN(C)C2)cc1. The lowest BCUT2D eigenvalue weighted by Gasteiger charge is -2.50. The van der Waals surface area contributed by atoms with Crippen molar-refractivity contribution >= 4 is 23.3 Å². The highest BCUT2D eigenvalue weighted by atomic mass is 32.1. The Morgan fingerprint density at radius 3 is 2.45 bits per heavy atom. The monoisotopic (exact) mass is 472 g/mol. The predicted molar refractivity (Wildman–Crippen MR) is 127 cm³/mol. The van der Waals surface area contributed by atoms with Crippen LogP contribution in [0.15, 0.2) is 29.8 Å². The summed E-state index contributed by atoms with van der Waals surface area (Å²) < 4.78 is 5.46. The van der Waals surface area contributed by atoms with E-state index in [1.54, 1.807) is 32.1 Å². The number of hydrogen-bond acceptors (Lipinski definition) is 7. The summed E-state index contributed by atoms with van der Waals surface area (Å²) in [5, 5.41) is 13.4. The van der Waals surface area contributed by atoms with Crippen LogP contribution in [-0.4, -0.2) is 76.3 Å². The standard InChI is InChI=1S/C24H32N4O4S/c1-15-20(33-14-25-15)16-6-8-17(9-7-16)24(12-27(5)13-24)26-21(30)19-10-18(29)11-28(19)22(31)32-23(2,3)4/h6-9,14,18-19,29H,10-13H2,1-5H3,(H,26,30)/t18-,19+/m1/s1. The summed E-state index contributed by atoms with van der Waals surface area (Å²) >= 11 is 1.61. The van der Waals surface area contributed by atoms with E-state index in [9.17, 15) is 14.7 Å². The summed E-state index contributed by atoms with van der Waals surface area (Å²) in [6.45, 7) is 8.76. The molecule has 1 aromatic carbocycles. The Morgan fingerprint density at radius 2 is 1.91 bits per heavy atom. The summed E-state index contributed by atoms with van der Waals surface area (Å²) in [6.07, 6.45) is -1.14. The third kappa shape index (κ3) is 4.90. The summed E-state index contributed by atoms with van der Waals surface area (Å²) in [7, 11) is 2.01. The van der Waals surface area contributed by atoms with Crippen molar-refractivity contribution in [3.8, 4) is 10.4 Å². The maximum Gasteiger partial charge on any atom is 0.411 e. The second-order valence-electron chi connectivity index (χ2n) is 10.1. The van der Waals surface area contributed by atoms with Crippen LogP contribution in [0.4, 0.5) is 4.79 Å². The molecule has 8 nitrogen and oxygen atoms in total. The van der Waals surface area contributed by atoms with Crippen molar-refractivity contribution in [2.75, 3.05) is 26.7 Å². The molecule has 2 atom stereocenters. The van der Waals surface area contributed by atoms with E-state index in [1.807, 2.05) is 19.5 Å². The molecule has 2 saturated heterocycles. The lowest BCUT2D eigenvalue weighted by molar-refractivity contribution is -0.130. The number of likely N-dealkylation sites (N-methyl/N-ethyl adjacent to an activating group) is 1. The predicted octanol–water partition coefficient (Wildman–Crippen LogP) is 2.75. The second kappa shape index (κ2) is 8.70. The van der Waals surface area contributed by atoms with E-state index in [4.69, 9.17) is 4.74 Å². The quantitative estimate of drug-likeness (QED) is 0.711. The van der Waals surface area contributed by atoms with Gasteiger partial charge in [-0.05, 0) is 45.9 Å². The molecule has 0 bridgehead atoms. The first-order chi connectivity index (χ1) is 15.5. The van der Waals surface area contributed by atoms with Crippen molar-refractivity contribution in [3.05, 3.63) is 41.0 Å². The van der Waals surface area contributed by atoms with Crippen molar-refractivity contribution in [2.45, 2.75) is 57.4 Å². The number of ether oxygens (including phenoxy) is 1. The third-order valence-electron chi connectivity index (χ3n) is 6.10. The van der Waals surface area contributed by atoms with Gasteiger partial charge in [0.05, 0.1) is 34.3 Å². The van der Waals surface area contributed by atoms with Crippen LogP contribution in [0.25, 0.3) is 10.4 Å². The van der Waals surface area contributed by atoms with Crippen molar-refractivity contribution < 1.29 is 19.4 Å². The number of carbonyl (C=O) groups excluding carboxylic acids is 2. The van der Waals surface area contributed by atoms with Crippen LogP contribution < -0.4 is 5.32 Å². The molecule has 33 heavy (non-hydrogen) atoms. The van der Waals surface area contributed by atoms with Crippen LogP contribution in [0.2, 0.25) is 0 Å². The molecule has 0 aliphatic carbocycles. The van der Waals surface area contributed by atoms with Gasteiger partial charge in [0.25, 0.3) is 0 Å². The smallest absolute Gasteiger partial charge is 0.411 e. The number of benzene rings is 1.